The second-order valence-electron chi connectivity index (χ2n) is 6.15. The fourth-order valence-electron chi connectivity index (χ4n) is 3.07. The van der Waals surface area contributed by atoms with Crippen LogP contribution in [0.1, 0.15) is 16.8 Å². The number of Topliss-reactive ketones (excluding diaryl/α,β-unsaturated/α-hetero) is 1. The quantitative estimate of drug-likeness (QED) is 0.840. The molecule has 1 fully saturated rings. The van der Waals surface area contributed by atoms with Gasteiger partial charge in [0.1, 0.15) is 5.82 Å². The summed E-state index contributed by atoms with van der Waals surface area (Å²) in [5.74, 6) is -0.228. The number of halogens is 2. The molecular formula is C19H21ClFN2O+. The van der Waals surface area contributed by atoms with E-state index in [0.29, 0.717) is 12.0 Å². The lowest BCUT2D eigenvalue weighted by Gasteiger charge is -2.33. The van der Waals surface area contributed by atoms with Crippen LogP contribution in [-0.4, -0.2) is 38.5 Å². The number of carbonyl (C=O) groups is 1. The zero-order valence-electron chi connectivity index (χ0n) is 13.5. The Labute approximate surface area is 146 Å². The van der Waals surface area contributed by atoms with E-state index in [4.69, 9.17) is 11.6 Å². The third kappa shape index (κ3) is 4.34. The number of quaternary nitrogens is 1. The SMILES string of the molecule is O=C(CC[NH+]1CCN(c2cccc(Cl)c2)CC1)c1ccc(F)cc1. The van der Waals surface area contributed by atoms with Crippen molar-refractivity contribution in [3.63, 3.8) is 0 Å². The summed E-state index contributed by atoms with van der Waals surface area (Å²) in [6.07, 6.45) is 0.498. The number of piperazine rings is 1. The molecule has 126 valence electrons. The monoisotopic (exact) mass is 347 g/mol. The fourth-order valence-corrected chi connectivity index (χ4v) is 3.26. The first-order valence-electron chi connectivity index (χ1n) is 8.25. The molecule has 0 saturated carbocycles. The molecule has 1 heterocycles. The summed E-state index contributed by atoms with van der Waals surface area (Å²) in [7, 11) is 0. The fraction of sp³-hybridized carbons (Fsp3) is 0.316. The zero-order valence-corrected chi connectivity index (χ0v) is 14.2. The Morgan fingerprint density at radius 3 is 2.50 bits per heavy atom. The molecule has 0 aromatic heterocycles. The summed E-state index contributed by atoms with van der Waals surface area (Å²) in [6.45, 7) is 4.74. The molecule has 1 aliphatic rings. The molecule has 0 radical (unpaired) electrons. The maximum absolute atomic E-state index is 12.9. The van der Waals surface area contributed by atoms with Crippen molar-refractivity contribution in [1.82, 2.24) is 0 Å². The average Bonchev–Trinajstić information content (AvgIpc) is 2.61. The maximum Gasteiger partial charge on any atom is 0.168 e. The number of benzene rings is 2. The number of ketones is 1. The number of anilines is 1. The van der Waals surface area contributed by atoms with Crippen molar-refractivity contribution in [1.29, 1.82) is 0 Å². The van der Waals surface area contributed by atoms with Crippen LogP contribution in [0.2, 0.25) is 5.02 Å². The van der Waals surface area contributed by atoms with Crippen LogP contribution < -0.4 is 9.80 Å². The highest BCUT2D eigenvalue weighted by Crippen LogP contribution is 2.19. The second kappa shape index (κ2) is 7.77. The summed E-state index contributed by atoms with van der Waals surface area (Å²) < 4.78 is 12.9. The van der Waals surface area contributed by atoms with Crippen LogP contribution in [0.4, 0.5) is 10.1 Å². The number of rotatable bonds is 5. The molecule has 1 N–H and O–H groups in total. The third-order valence-corrected chi connectivity index (χ3v) is 4.75. The van der Waals surface area contributed by atoms with Crippen LogP contribution in [-0.2, 0) is 0 Å². The average molecular weight is 348 g/mol. The van der Waals surface area contributed by atoms with Gasteiger partial charge in [-0.05, 0) is 42.5 Å². The third-order valence-electron chi connectivity index (χ3n) is 4.52. The van der Waals surface area contributed by atoms with Crippen LogP contribution in [0.3, 0.4) is 0 Å². The Balaban J connectivity index is 1.47. The van der Waals surface area contributed by atoms with Crippen molar-refractivity contribution in [2.45, 2.75) is 6.42 Å². The number of hydrogen-bond acceptors (Lipinski definition) is 2. The minimum Gasteiger partial charge on any atom is -0.360 e. The van der Waals surface area contributed by atoms with Crippen molar-refractivity contribution < 1.29 is 14.1 Å². The van der Waals surface area contributed by atoms with Crippen molar-refractivity contribution in [2.75, 3.05) is 37.6 Å². The molecule has 2 aromatic carbocycles. The van der Waals surface area contributed by atoms with E-state index < -0.39 is 0 Å². The number of carbonyl (C=O) groups excluding carboxylic acids is 1. The first kappa shape index (κ1) is 16.9. The highest BCUT2D eigenvalue weighted by Gasteiger charge is 2.21. The highest BCUT2D eigenvalue weighted by atomic mass is 35.5. The van der Waals surface area contributed by atoms with E-state index in [1.807, 2.05) is 18.2 Å². The molecular weight excluding hydrogens is 327 g/mol. The van der Waals surface area contributed by atoms with E-state index in [-0.39, 0.29) is 11.6 Å². The van der Waals surface area contributed by atoms with Crippen molar-refractivity contribution >= 4 is 23.1 Å². The summed E-state index contributed by atoms with van der Waals surface area (Å²) in [5, 5.41) is 0.757. The maximum atomic E-state index is 12.9. The Hall–Kier alpha value is -1.91. The van der Waals surface area contributed by atoms with Crippen molar-refractivity contribution in [3.05, 3.63) is 64.9 Å². The van der Waals surface area contributed by atoms with E-state index in [0.717, 1.165) is 43.4 Å². The molecule has 2 aromatic rings. The Morgan fingerprint density at radius 2 is 1.83 bits per heavy atom. The van der Waals surface area contributed by atoms with Gasteiger partial charge in [-0.1, -0.05) is 17.7 Å². The smallest absolute Gasteiger partial charge is 0.168 e. The largest absolute Gasteiger partial charge is 0.360 e. The minimum absolute atomic E-state index is 0.0831. The lowest BCUT2D eigenvalue weighted by Crippen LogP contribution is -3.15. The Bertz CT molecular complexity index is 697. The van der Waals surface area contributed by atoms with E-state index in [1.165, 1.54) is 17.0 Å². The molecule has 3 rings (SSSR count). The molecule has 1 saturated heterocycles. The van der Waals surface area contributed by atoms with E-state index in [2.05, 4.69) is 11.0 Å². The van der Waals surface area contributed by atoms with Crippen LogP contribution >= 0.6 is 11.6 Å². The molecule has 24 heavy (non-hydrogen) atoms. The first-order chi connectivity index (χ1) is 11.6. The minimum atomic E-state index is -0.311. The normalized spacial score (nSPS) is 15.5. The standard InChI is InChI=1S/C19H20ClFN2O/c20-16-2-1-3-18(14-16)23-12-10-22(11-13-23)9-8-19(24)15-4-6-17(21)7-5-15/h1-7,14H,8-13H2/p+1. The van der Waals surface area contributed by atoms with Crippen LogP contribution in [0.15, 0.2) is 48.5 Å². The molecule has 0 amide bonds. The molecule has 0 unspecified atom stereocenters. The number of nitrogens with one attached hydrogen (secondary N) is 1. The van der Waals surface area contributed by atoms with Gasteiger partial charge in [-0.25, -0.2) is 4.39 Å². The van der Waals surface area contributed by atoms with Crippen LogP contribution in [0.25, 0.3) is 0 Å². The van der Waals surface area contributed by atoms with E-state index in [9.17, 15) is 9.18 Å². The van der Waals surface area contributed by atoms with Gasteiger partial charge in [0.05, 0.1) is 39.1 Å². The second-order valence-corrected chi connectivity index (χ2v) is 6.58. The van der Waals surface area contributed by atoms with E-state index >= 15 is 0 Å². The highest BCUT2D eigenvalue weighted by molar-refractivity contribution is 6.30. The predicted molar refractivity (Wildman–Crippen MR) is 94.6 cm³/mol. The van der Waals surface area contributed by atoms with E-state index in [1.54, 1.807) is 12.1 Å². The topological polar surface area (TPSA) is 24.8 Å². The van der Waals surface area contributed by atoms with Crippen molar-refractivity contribution in [2.24, 2.45) is 0 Å². The van der Waals surface area contributed by atoms with Gasteiger partial charge < -0.3 is 9.80 Å². The van der Waals surface area contributed by atoms with Gasteiger partial charge >= 0.3 is 0 Å². The van der Waals surface area contributed by atoms with Gasteiger partial charge in [-0.2, -0.15) is 0 Å². The molecule has 0 atom stereocenters. The summed E-state index contributed by atoms with van der Waals surface area (Å²) >= 11 is 6.05. The predicted octanol–water partition coefficient (Wildman–Crippen LogP) is 2.46. The molecule has 0 bridgehead atoms. The molecule has 1 aliphatic heterocycles. The molecule has 5 heteroatoms. The molecule has 0 spiro atoms. The van der Waals surface area contributed by atoms with Gasteiger partial charge in [-0.15, -0.1) is 0 Å². The first-order valence-corrected chi connectivity index (χ1v) is 8.62. The summed E-state index contributed by atoms with van der Waals surface area (Å²) in [4.78, 5) is 15.9. The van der Waals surface area contributed by atoms with Gasteiger partial charge in [0.15, 0.2) is 5.78 Å². The summed E-state index contributed by atoms with van der Waals surface area (Å²) in [6, 6.07) is 13.7. The van der Waals surface area contributed by atoms with Crippen LogP contribution in [0.5, 0.6) is 0 Å². The lowest BCUT2D eigenvalue weighted by atomic mass is 10.1. The molecule has 3 nitrogen and oxygen atoms in total. The van der Waals surface area contributed by atoms with Gasteiger partial charge in [0.25, 0.3) is 0 Å². The van der Waals surface area contributed by atoms with Gasteiger partial charge in [0, 0.05) is 16.3 Å². The summed E-state index contributed by atoms with van der Waals surface area (Å²) in [5.41, 5.74) is 1.75. The number of hydrogen-bond donors (Lipinski definition) is 1. The van der Waals surface area contributed by atoms with Gasteiger partial charge in [0.2, 0.25) is 0 Å². The molecule has 0 aliphatic carbocycles. The number of nitrogens with zero attached hydrogens (tertiary/aromatic N) is 1. The van der Waals surface area contributed by atoms with Crippen LogP contribution in [0, 0.1) is 5.82 Å². The Kier molecular flexibility index (Phi) is 5.48. The zero-order chi connectivity index (χ0) is 16.9. The lowest BCUT2D eigenvalue weighted by molar-refractivity contribution is -0.899. The van der Waals surface area contributed by atoms with Gasteiger partial charge in [-0.3, -0.25) is 4.79 Å². The van der Waals surface area contributed by atoms with Crippen molar-refractivity contribution in [3.8, 4) is 0 Å². The Morgan fingerprint density at radius 1 is 1.12 bits per heavy atom.